The molecular formula is C18H18N2O5Re+. The van der Waals surface area contributed by atoms with Crippen molar-refractivity contribution < 1.29 is 42.0 Å². The number of para-hydroxylation sites is 2. The number of phenolic OH excluding ortho intramolecular Hbond substituents is 2. The van der Waals surface area contributed by atoms with Crippen molar-refractivity contribution in [3.05, 3.63) is 59.7 Å². The summed E-state index contributed by atoms with van der Waals surface area (Å²) in [4.78, 5) is 8.20. The molecule has 0 atom stereocenters. The van der Waals surface area contributed by atoms with Crippen LogP contribution in [0.5, 0.6) is 11.5 Å². The van der Waals surface area contributed by atoms with E-state index in [2.05, 4.69) is 9.98 Å². The first-order valence-electron chi connectivity index (χ1n) is 7.82. The Balaban J connectivity index is 0.000000171. The normalized spacial score (nSPS) is 14.4. The third kappa shape index (κ3) is 5.30. The third-order valence-corrected chi connectivity index (χ3v) is 3.44. The second kappa shape index (κ2) is 10.6. The van der Waals surface area contributed by atoms with E-state index in [4.69, 9.17) is 12.8 Å². The van der Waals surface area contributed by atoms with Gasteiger partial charge in [-0.3, -0.25) is 0 Å². The molecule has 0 aliphatic carbocycles. The predicted molar refractivity (Wildman–Crippen MR) is 91.6 cm³/mol. The van der Waals surface area contributed by atoms with Crippen LogP contribution >= 0.6 is 0 Å². The van der Waals surface area contributed by atoms with Crippen LogP contribution in [0.25, 0.3) is 0 Å². The van der Waals surface area contributed by atoms with Crippen molar-refractivity contribution in [2.75, 3.05) is 26.3 Å². The Morgan fingerprint density at radius 3 is 1.42 bits per heavy atom. The molecule has 26 heavy (non-hydrogen) atoms. The molecule has 0 saturated heterocycles. The second-order valence-corrected chi connectivity index (χ2v) is 5.10. The van der Waals surface area contributed by atoms with Gasteiger partial charge in [0.1, 0.15) is 24.7 Å². The van der Waals surface area contributed by atoms with Crippen LogP contribution in [0.1, 0.15) is 11.1 Å². The molecule has 0 fully saturated rings. The van der Waals surface area contributed by atoms with E-state index in [1.54, 1.807) is 36.4 Å². The fraction of sp³-hybridized carbons (Fsp3) is 0.222. The van der Waals surface area contributed by atoms with Crippen LogP contribution in [0.4, 0.5) is 0 Å². The number of hydrogen-bond donors (Lipinski definition) is 2. The van der Waals surface area contributed by atoms with Gasteiger partial charge in [-0.05, 0) is 24.3 Å². The first kappa shape index (κ1) is 19.9. The second-order valence-electron chi connectivity index (χ2n) is 5.10. The fourth-order valence-electron chi connectivity index (χ4n) is 2.31. The van der Waals surface area contributed by atoms with Crippen molar-refractivity contribution in [3.63, 3.8) is 0 Å². The standard InChI is InChI=1S/2C9H9NO2.O.Re/c2*11-8-4-2-1-3-7(8)9-10-5-6-12-9;;/h2*1-4,11H,5-6H2;;/q;;+1;. The number of aromatic hydroxyl groups is 2. The SMILES string of the molecule is Oc1ccccc1C1=NCCO1.Oc1ccccc1C1=NCCO1.[O+]#[Re]. The molecule has 7 nitrogen and oxygen atoms in total. The summed E-state index contributed by atoms with van der Waals surface area (Å²) in [5.41, 5.74) is 1.35. The molecule has 0 radical (unpaired) electrons. The zero-order chi connectivity index (χ0) is 18.8. The Labute approximate surface area is 161 Å². The Bertz CT molecular complexity index is 754. The van der Waals surface area contributed by atoms with Gasteiger partial charge in [-0.1, -0.05) is 24.3 Å². The number of rotatable bonds is 2. The van der Waals surface area contributed by atoms with Crippen LogP contribution in [0.3, 0.4) is 0 Å². The molecule has 2 aromatic rings. The van der Waals surface area contributed by atoms with Gasteiger partial charge in [-0.2, -0.15) is 0 Å². The maximum atomic E-state index is 9.41. The minimum absolute atomic E-state index is 0.221. The monoisotopic (exact) mass is 529 g/mol. The molecule has 8 heteroatoms. The number of ether oxygens (including phenoxy) is 2. The Kier molecular flexibility index (Phi) is 8.09. The van der Waals surface area contributed by atoms with Gasteiger partial charge in [0.25, 0.3) is 0 Å². The Morgan fingerprint density at radius 1 is 0.731 bits per heavy atom. The molecule has 2 aliphatic rings. The third-order valence-electron chi connectivity index (χ3n) is 3.44. The van der Waals surface area contributed by atoms with Gasteiger partial charge in [0.2, 0.25) is 11.8 Å². The van der Waals surface area contributed by atoms with Crippen molar-refractivity contribution in [1.82, 2.24) is 0 Å². The first-order valence-corrected chi connectivity index (χ1v) is 8.93. The number of phenols is 2. The summed E-state index contributed by atoms with van der Waals surface area (Å²) < 4.78 is 18.7. The van der Waals surface area contributed by atoms with E-state index >= 15 is 0 Å². The molecule has 0 bridgehead atoms. The fourth-order valence-corrected chi connectivity index (χ4v) is 2.31. The maximum absolute atomic E-state index is 9.41. The van der Waals surface area contributed by atoms with Gasteiger partial charge in [0.15, 0.2) is 0 Å². The molecule has 0 aromatic heterocycles. The van der Waals surface area contributed by atoms with Crippen molar-refractivity contribution >= 4 is 11.8 Å². The molecule has 0 spiro atoms. The average Bonchev–Trinajstić information content (AvgIpc) is 3.39. The molecule has 4 rings (SSSR count). The van der Waals surface area contributed by atoms with Gasteiger partial charge in [0.05, 0.1) is 24.2 Å². The number of benzene rings is 2. The van der Waals surface area contributed by atoms with Gasteiger partial charge in [-0.25, -0.2) is 9.98 Å². The van der Waals surface area contributed by atoms with Gasteiger partial charge < -0.3 is 19.7 Å². The molecule has 0 amide bonds. The van der Waals surface area contributed by atoms with Crippen LogP contribution in [0, 0.1) is 0 Å². The van der Waals surface area contributed by atoms with E-state index in [9.17, 15) is 10.2 Å². The summed E-state index contributed by atoms with van der Waals surface area (Å²) in [5, 5.41) is 18.8. The quantitative estimate of drug-likeness (QED) is 0.584. The number of aliphatic imine (C=N–C) groups is 2. The van der Waals surface area contributed by atoms with Crippen LogP contribution < -0.4 is 0 Å². The first-order chi connectivity index (χ1) is 12.8. The van der Waals surface area contributed by atoms with Crippen LogP contribution in [-0.4, -0.2) is 48.3 Å². The predicted octanol–water partition coefficient (Wildman–Crippen LogP) is 2.22. The summed E-state index contributed by atoms with van der Waals surface area (Å²) in [7, 11) is 0. The van der Waals surface area contributed by atoms with Crippen molar-refractivity contribution in [2.24, 2.45) is 9.98 Å². The van der Waals surface area contributed by atoms with Gasteiger partial charge >= 0.3 is 22.3 Å². The topological polar surface area (TPSA) is 104 Å². The zero-order valence-electron chi connectivity index (χ0n) is 13.8. The summed E-state index contributed by atoms with van der Waals surface area (Å²) in [6, 6.07) is 14.1. The van der Waals surface area contributed by atoms with Crippen LogP contribution in [0.2, 0.25) is 0 Å². The van der Waals surface area contributed by atoms with E-state index in [-0.39, 0.29) is 11.5 Å². The molecular weight excluding hydrogens is 510 g/mol. The van der Waals surface area contributed by atoms with E-state index < -0.39 is 0 Å². The van der Waals surface area contributed by atoms with Gasteiger partial charge in [-0.15, -0.1) is 0 Å². The summed E-state index contributed by atoms with van der Waals surface area (Å²) in [6.07, 6.45) is 0. The van der Waals surface area contributed by atoms with E-state index in [1.165, 1.54) is 0 Å². The summed E-state index contributed by atoms with van der Waals surface area (Å²) >= 11 is 0.472. The van der Waals surface area contributed by atoms with E-state index in [0.29, 0.717) is 68.2 Å². The molecule has 0 saturated carbocycles. The van der Waals surface area contributed by atoms with Crippen molar-refractivity contribution in [3.8, 4) is 11.5 Å². The van der Waals surface area contributed by atoms with Crippen molar-refractivity contribution in [1.29, 1.82) is 0 Å². The van der Waals surface area contributed by atoms with Gasteiger partial charge in [0, 0.05) is 0 Å². The number of nitrogens with zero attached hydrogens (tertiary/aromatic N) is 2. The zero-order valence-corrected chi connectivity index (χ0v) is 16.6. The molecule has 2 heterocycles. The van der Waals surface area contributed by atoms with E-state index in [0.717, 1.165) is 0 Å². The summed E-state index contributed by atoms with van der Waals surface area (Å²) in [6.45, 7) is 2.60. The molecule has 2 aromatic carbocycles. The van der Waals surface area contributed by atoms with Crippen LogP contribution in [0.15, 0.2) is 58.5 Å². The number of hydrogen-bond acceptors (Lipinski definition) is 6. The van der Waals surface area contributed by atoms with Crippen molar-refractivity contribution in [2.45, 2.75) is 0 Å². The molecule has 2 aliphatic heterocycles. The van der Waals surface area contributed by atoms with Crippen LogP contribution in [-0.2, 0) is 31.8 Å². The summed E-state index contributed by atoms with van der Waals surface area (Å²) in [5.74, 6) is 1.54. The minimum atomic E-state index is 0.221. The van der Waals surface area contributed by atoms with E-state index in [1.807, 2.05) is 12.1 Å². The average molecular weight is 529 g/mol. The molecule has 136 valence electrons. The Morgan fingerprint density at radius 2 is 1.12 bits per heavy atom. The molecule has 2 N–H and O–H groups in total. The molecule has 0 unspecified atom stereocenters. The Hall–Kier alpha value is -2.40.